The number of carbonyl (C=O) groups excluding carboxylic acids is 1. The number of oxazole rings is 1. The lowest BCUT2D eigenvalue weighted by Crippen LogP contribution is -2.12. The number of aryl methyl sites for hydroxylation is 1. The zero-order chi connectivity index (χ0) is 19.7. The number of rotatable bonds is 4. The number of ether oxygens (including phenoxy) is 1. The third-order valence-electron chi connectivity index (χ3n) is 4.35. The van der Waals surface area contributed by atoms with Crippen LogP contribution in [0.2, 0.25) is 5.02 Å². The van der Waals surface area contributed by atoms with Crippen LogP contribution < -0.4 is 10.1 Å². The Morgan fingerprint density at radius 3 is 2.57 bits per heavy atom. The number of fused-ring (bicyclic) bond motifs is 1. The van der Waals surface area contributed by atoms with Crippen LogP contribution in [0.5, 0.6) is 5.75 Å². The van der Waals surface area contributed by atoms with Gasteiger partial charge in [-0.2, -0.15) is 0 Å². The van der Waals surface area contributed by atoms with Gasteiger partial charge in [-0.1, -0.05) is 17.7 Å². The van der Waals surface area contributed by atoms with Crippen molar-refractivity contribution >= 4 is 34.3 Å². The predicted octanol–water partition coefficient (Wildman–Crippen LogP) is 5.72. The minimum absolute atomic E-state index is 0.275. The maximum Gasteiger partial charge on any atom is 0.257 e. The Balaban J connectivity index is 1.59. The van der Waals surface area contributed by atoms with Crippen LogP contribution >= 0.6 is 11.6 Å². The lowest BCUT2D eigenvalue weighted by atomic mass is 10.1. The van der Waals surface area contributed by atoms with E-state index in [2.05, 4.69) is 10.3 Å². The van der Waals surface area contributed by atoms with Crippen LogP contribution in [0.15, 0.2) is 65.1 Å². The van der Waals surface area contributed by atoms with Crippen molar-refractivity contribution in [3.8, 4) is 17.2 Å². The number of nitrogens with one attached hydrogen (secondary N) is 1. The lowest BCUT2D eigenvalue weighted by molar-refractivity contribution is 0.102. The first-order valence-electron chi connectivity index (χ1n) is 8.66. The van der Waals surface area contributed by atoms with E-state index in [1.54, 1.807) is 37.4 Å². The highest BCUT2D eigenvalue weighted by molar-refractivity contribution is 6.34. The fourth-order valence-electron chi connectivity index (χ4n) is 2.86. The molecule has 0 fully saturated rings. The third-order valence-corrected chi connectivity index (χ3v) is 4.66. The van der Waals surface area contributed by atoms with E-state index in [-0.39, 0.29) is 5.91 Å². The molecule has 0 saturated carbocycles. The Hall–Kier alpha value is -3.31. The summed E-state index contributed by atoms with van der Waals surface area (Å²) in [4.78, 5) is 17.0. The Bertz CT molecular complexity index is 1170. The lowest BCUT2D eigenvalue weighted by Gasteiger charge is -2.07. The van der Waals surface area contributed by atoms with Crippen molar-refractivity contribution in [3.05, 3.63) is 76.8 Å². The molecule has 0 aliphatic rings. The van der Waals surface area contributed by atoms with Gasteiger partial charge >= 0.3 is 0 Å². The van der Waals surface area contributed by atoms with Gasteiger partial charge in [0.1, 0.15) is 11.3 Å². The number of hydrogen-bond acceptors (Lipinski definition) is 4. The molecule has 0 atom stereocenters. The second-order valence-corrected chi connectivity index (χ2v) is 6.77. The normalized spacial score (nSPS) is 10.8. The van der Waals surface area contributed by atoms with Gasteiger partial charge in [-0.05, 0) is 67.1 Å². The van der Waals surface area contributed by atoms with Crippen molar-refractivity contribution in [1.29, 1.82) is 0 Å². The number of anilines is 1. The highest BCUT2D eigenvalue weighted by Crippen LogP contribution is 2.28. The molecule has 0 spiro atoms. The summed E-state index contributed by atoms with van der Waals surface area (Å²) in [5, 5.41) is 3.27. The Morgan fingerprint density at radius 2 is 1.86 bits per heavy atom. The fraction of sp³-hybridized carbons (Fsp3) is 0.0909. The maximum atomic E-state index is 12.5. The molecule has 3 aromatic carbocycles. The molecule has 6 heteroatoms. The first-order chi connectivity index (χ1) is 13.5. The van der Waals surface area contributed by atoms with E-state index in [1.807, 2.05) is 37.3 Å². The number of nitrogens with zero attached hydrogens (tertiary/aromatic N) is 1. The summed E-state index contributed by atoms with van der Waals surface area (Å²) in [7, 11) is 1.62. The number of amides is 1. The van der Waals surface area contributed by atoms with Gasteiger partial charge < -0.3 is 14.5 Å². The second-order valence-electron chi connectivity index (χ2n) is 6.37. The summed E-state index contributed by atoms with van der Waals surface area (Å²) in [6.45, 7) is 1.92. The molecule has 28 heavy (non-hydrogen) atoms. The van der Waals surface area contributed by atoms with Gasteiger partial charge in [0, 0.05) is 11.3 Å². The summed E-state index contributed by atoms with van der Waals surface area (Å²) in [5.41, 5.74) is 4.16. The summed E-state index contributed by atoms with van der Waals surface area (Å²) in [6.07, 6.45) is 0. The highest BCUT2D eigenvalue weighted by Gasteiger charge is 2.13. The van der Waals surface area contributed by atoms with E-state index in [1.165, 1.54) is 0 Å². The first-order valence-corrected chi connectivity index (χ1v) is 9.04. The summed E-state index contributed by atoms with van der Waals surface area (Å²) < 4.78 is 11.0. The Labute approximate surface area is 166 Å². The molecular formula is C22H17ClN2O3. The van der Waals surface area contributed by atoms with Crippen LogP contribution in [-0.2, 0) is 0 Å². The smallest absolute Gasteiger partial charge is 0.257 e. The SMILES string of the molecule is COc1ccc(-c2nc3cc(NC(=O)c4ccc(C)cc4Cl)ccc3o2)cc1. The van der Waals surface area contributed by atoms with Crippen LogP contribution in [0.3, 0.4) is 0 Å². The van der Waals surface area contributed by atoms with Crippen molar-refractivity contribution in [1.82, 2.24) is 4.98 Å². The number of benzene rings is 3. The minimum Gasteiger partial charge on any atom is -0.497 e. The van der Waals surface area contributed by atoms with Gasteiger partial charge in [0.15, 0.2) is 5.58 Å². The van der Waals surface area contributed by atoms with E-state index in [0.717, 1.165) is 16.9 Å². The quantitative estimate of drug-likeness (QED) is 0.482. The van der Waals surface area contributed by atoms with Gasteiger partial charge in [0.05, 0.1) is 17.7 Å². The zero-order valence-electron chi connectivity index (χ0n) is 15.3. The molecule has 0 radical (unpaired) electrons. The summed E-state index contributed by atoms with van der Waals surface area (Å²) in [5.74, 6) is 0.991. The Kier molecular flexibility index (Phi) is 4.75. The molecule has 0 aliphatic heterocycles. The van der Waals surface area contributed by atoms with Gasteiger partial charge in [0.2, 0.25) is 5.89 Å². The van der Waals surface area contributed by atoms with E-state index >= 15 is 0 Å². The number of halogens is 1. The van der Waals surface area contributed by atoms with E-state index < -0.39 is 0 Å². The van der Waals surface area contributed by atoms with Gasteiger partial charge in [-0.15, -0.1) is 0 Å². The summed E-state index contributed by atoms with van der Waals surface area (Å²) in [6, 6.07) is 18.1. The number of aromatic nitrogens is 1. The molecule has 1 heterocycles. The van der Waals surface area contributed by atoms with Crippen molar-refractivity contribution in [3.63, 3.8) is 0 Å². The van der Waals surface area contributed by atoms with Crippen molar-refractivity contribution in [2.24, 2.45) is 0 Å². The molecule has 1 amide bonds. The number of methoxy groups -OCH3 is 1. The maximum absolute atomic E-state index is 12.5. The Morgan fingerprint density at radius 1 is 1.07 bits per heavy atom. The molecule has 1 N–H and O–H groups in total. The molecule has 0 bridgehead atoms. The topological polar surface area (TPSA) is 64.4 Å². The average Bonchev–Trinajstić information content (AvgIpc) is 3.11. The van der Waals surface area contributed by atoms with Crippen molar-refractivity contribution in [2.75, 3.05) is 12.4 Å². The average molecular weight is 393 g/mol. The molecular weight excluding hydrogens is 376 g/mol. The molecule has 5 nitrogen and oxygen atoms in total. The molecule has 4 aromatic rings. The largest absolute Gasteiger partial charge is 0.497 e. The fourth-order valence-corrected chi connectivity index (χ4v) is 3.19. The highest BCUT2D eigenvalue weighted by atomic mass is 35.5. The summed E-state index contributed by atoms with van der Waals surface area (Å²) >= 11 is 6.18. The van der Waals surface area contributed by atoms with E-state index in [9.17, 15) is 4.79 Å². The van der Waals surface area contributed by atoms with Crippen molar-refractivity contribution < 1.29 is 13.9 Å². The second kappa shape index (κ2) is 7.37. The number of hydrogen-bond donors (Lipinski definition) is 1. The van der Waals surface area contributed by atoms with Crippen LogP contribution in [0.4, 0.5) is 5.69 Å². The third kappa shape index (κ3) is 3.57. The van der Waals surface area contributed by atoms with Crippen LogP contribution in [0, 0.1) is 6.92 Å². The van der Waals surface area contributed by atoms with Crippen LogP contribution in [-0.4, -0.2) is 18.0 Å². The standard InChI is InChI=1S/C22H17ClN2O3/c1-13-3-9-17(18(23)11-13)21(26)24-15-6-10-20-19(12-15)25-22(28-20)14-4-7-16(27-2)8-5-14/h3-12H,1-2H3,(H,24,26). The molecule has 0 saturated heterocycles. The molecule has 0 aliphatic carbocycles. The van der Waals surface area contributed by atoms with Gasteiger partial charge in [0.25, 0.3) is 5.91 Å². The monoisotopic (exact) mass is 392 g/mol. The van der Waals surface area contributed by atoms with Crippen LogP contribution in [0.25, 0.3) is 22.6 Å². The van der Waals surface area contributed by atoms with E-state index in [4.69, 9.17) is 20.8 Å². The van der Waals surface area contributed by atoms with Crippen molar-refractivity contribution in [2.45, 2.75) is 6.92 Å². The zero-order valence-corrected chi connectivity index (χ0v) is 16.1. The molecule has 140 valence electrons. The van der Waals surface area contributed by atoms with E-state index in [0.29, 0.717) is 33.3 Å². The van der Waals surface area contributed by atoms with Crippen LogP contribution in [0.1, 0.15) is 15.9 Å². The molecule has 1 aromatic heterocycles. The predicted molar refractivity (Wildman–Crippen MR) is 110 cm³/mol. The number of carbonyl (C=O) groups is 1. The van der Waals surface area contributed by atoms with Gasteiger partial charge in [-0.3, -0.25) is 4.79 Å². The minimum atomic E-state index is -0.275. The van der Waals surface area contributed by atoms with Gasteiger partial charge in [-0.25, -0.2) is 4.98 Å². The molecule has 4 rings (SSSR count). The molecule has 0 unspecified atom stereocenters. The first kappa shape index (κ1) is 18.1.